The van der Waals surface area contributed by atoms with Crippen molar-refractivity contribution in [2.45, 2.75) is 25.2 Å². The van der Waals surface area contributed by atoms with Crippen LogP contribution in [0.1, 0.15) is 25.3 Å². The van der Waals surface area contributed by atoms with Crippen molar-refractivity contribution < 1.29 is 19.1 Å². The number of carbonyl (C=O) groups is 2. The van der Waals surface area contributed by atoms with Crippen LogP contribution in [-0.4, -0.2) is 25.1 Å². The summed E-state index contributed by atoms with van der Waals surface area (Å²) in [6.45, 7) is 2.42. The van der Waals surface area contributed by atoms with Gasteiger partial charge in [-0.25, -0.2) is 0 Å². The second-order valence-corrected chi connectivity index (χ2v) is 6.74. The third-order valence-corrected chi connectivity index (χ3v) is 4.73. The Kier molecular flexibility index (Phi) is 5.59. The first-order valence-corrected chi connectivity index (χ1v) is 8.81. The van der Waals surface area contributed by atoms with E-state index >= 15 is 0 Å². The van der Waals surface area contributed by atoms with Crippen LogP contribution in [0.25, 0.3) is 0 Å². The number of hydrogen-bond acceptors (Lipinski definition) is 4. The van der Waals surface area contributed by atoms with E-state index in [0.29, 0.717) is 42.5 Å². The van der Waals surface area contributed by atoms with Gasteiger partial charge in [-0.05, 0) is 54.8 Å². The summed E-state index contributed by atoms with van der Waals surface area (Å²) in [6.07, 6.45) is 1.08. The molecule has 0 aliphatic carbocycles. The van der Waals surface area contributed by atoms with Gasteiger partial charge in [-0.2, -0.15) is 0 Å². The van der Waals surface area contributed by atoms with Gasteiger partial charge in [0.2, 0.25) is 5.91 Å². The number of anilines is 1. The number of amides is 1. The smallest absolute Gasteiger partial charge is 0.322 e. The quantitative estimate of drug-likeness (QED) is 0.651. The highest BCUT2D eigenvalue weighted by molar-refractivity contribution is 6.30. The van der Waals surface area contributed by atoms with Crippen LogP contribution >= 0.6 is 11.6 Å². The molecule has 0 spiro atoms. The summed E-state index contributed by atoms with van der Waals surface area (Å²) in [7, 11) is 0. The lowest BCUT2D eigenvalue weighted by atomic mass is 9.74. The number of hydrogen-bond donors (Lipinski definition) is 1. The minimum absolute atomic E-state index is 0.156. The van der Waals surface area contributed by atoms with Crippen molar-refractivity contribution in [2.75, 3.05) is 18.5 Å². The third-order valence-electron chi connectivity index (χ3n) is 4.50. The van der Waals surface area contributed by atoms with E-state index in [1.54, 1.807) is 30.3 Å². The lowest BCUT2D eigenvalue weighted by molar-refractivity contribution is -0.145. The summed E-state index contributed by atoms with van der Waals surface area (Å²) in [5, 5.41) is 3.26. The number of esters is 1. The third kappa shape index (κ3) is 4.06. The Morgan fingerprint density at radius 3 is 2.42 bits per heavy atom. The van der Waals surface area contributed by atoms with Crippen LogP contribution < -0.4 is 10.1 Å². The molecule has 1 heterocycles. The van der Waals surface area contributed by atoms with E-state index in [0.717, 1.165) is 5.56 Å². The molecular weight excluding hydrogens is 354 g/mol. The predicted octanol–water partition coefficient (Wildman–Crippen LogP) is 3.95. The fourth-order valence-electron chi connectivity index (χ4n) is 3.13. The molecule has 5 nitrogen and oxygen atoms in total. The van der Waals surface area contributed by atoms with Crippen molar-refractivity contribution in [1.82, 2.24) is 0 Å². The van der Waals surface area contributed by atoms with E-state index in [1.807, 2.05) is 18.2 Å². The molecular formula is C20H20ClNO4. The van der Waals surface area contributed by atoms with Crippen LogP contribution in [0.15, 0.2) is 48.5 Å². The monoisotopic (exact) mass is 373 g/mol. The first-order valence-electron chi connectivity index (χ1n) is 8.43. The lowest BCUT2D eigenvalue weighted by Crippen LogP contribution is -2.44. The molecule has 0 radical (unpaired) electrons. The molecule has 26 heavy (non-hydrogen) atoms. The fourth-order valence-corrected chi connectivity index (χ4v) is 3.32. The van der Waals surface area contributed by atoms with Crippen molar-refractivity contribution in [3.8, 4) is 5.75 Å². The maximum Gasteiger partial charge on any atom is 0.322 e. The van der Waals surface area contributed by atoms with Gasteiger partial charge < -0.3 is 14.8 Å². The van der Waals surface area contributed by atoms with Crippen molar-refractivity contribution in [2.24, 2.45) is 0 Å². The fraction of sp³-hybridized carbons (Fsp3) is 0.300. The van der Waals surface area contributed by atoms with Gasteiger partial charge >= 0.3 is 5.97 Å². The first-order chi connectivity index (χ1) is 12.5. The van der Waals surface area contributed by atoms with Gasteiger partial charge in [0.1, 0.15) is 5.75 Å². The predicted molar refractivity (Wildman–Crippen MR) is 99.6 cm³/mol. The highest BCUT2D eigenvalue weighted by Crippen LogP contribution is 2.37. The molecule has 2 aromatic rings. The van der Waals surface area contributed by atoms with Crippen LogP contribution in [0.3, 0.4) is 0 Å². The molecule has 0 unspecified atom stereocenters. The molecule has 1 aliphatic rings. The molecule has 0 aromatic heterocycles. The van der Waals surface area contributed by atoms with Crippen LogP contribution in [0.2, 0.25) is 5.02 Å². The molecule has 0 atom stereocenters. The van der Waals surface area contributed by atoms with E-state index < -0.39 is 5.41 Å². The van der Waals surface area contributed by atoms with Crippen LogP contribution in [0, 0.1) is 0 Å². The number of rotatable bonds is 4. The minimum Gasteiger partial charge on any atom is -0.426 e. The van der Waals surface area contributed by atoms with Crippen LogP contribution in [0.5, 0.6) is 5.75 Å². The highest BCUT2D eigenvalue weighted by Gasteiger charge is 2.43. The topological polar surface area (TPSA) is 64.6 Å². The van der Waals surface area contributed by atoms with Gasteiger partial charge in [0.05, 0.1) is 5.41 Å². The SMILES string of the molecule is CC(=O)Nc1ccc(OC(=O)C2(c3cccc(Cl)c3)CCOCC2)cc1. The molecule has 1 N–H and O–H groups in total. The average Bonchev–Trinajstić information content (AvgIpc) is 2.63. The molecule has 0 saturated carbocycles. The average molecular weight is 374 g/mol. The minimum atomic E-state index is -0.778. The number of halogens is 1. The lowest BCUT2D eigenvalue weighted by Gasteiger charge is -2.35. The Morgan fingerprint density at radius 1 is 1.12 bits per heavy atom. The van der Waals surface area contributed by atoms with Gasteiger partial charge in [-0.1, -0.05) is 23.7 Å². The molecule has 136 valence electrons. The summed E-state index contributed by atoms with van der Waals surface area (Å²) in [5.74, 6) is -0.0517. The Bertz CT molecular complexity index is 798. The Balaban J connectivity index is 1.83. The largest absolute Gasteiger partial charge is 0.426 e. The standard InChI is InChI=1S/C20H20ClNO4/c1-14(23)22-17-5-7-18(8-6-17)26-19(24)20(9-11-25-12-10-20)15-3-2-4-16(21)13-15/h2-8,13H,9-12H2,1H3,(H,22,23). The van der Waals surface area contributed by atoms with Crippen molar-refractivity contribution in [1.29, 1.82) is 0 Å². The molecule has 1 aliphatic heterocycles. The molecule has 1 fully saturated rings. The number of ether oxygens (including phenoxy) is 2. The first kappa shape index (κ1) is 18.4. The summed E-state index contributed by atoms with van der Waals surface area (Å²) < 4.78 is 11.1. The van der Waals surface area contributed by atoms with Gasteiger partial charge in [0.25, 0.3) is 0 Å². The molecule has 1 saturated heterocycles. The number of nitrogens with one attached hydrogen (secondary N) is 1. The number of benzene rings is 2. The van der Waals surface area contributed by atoms with E-state index in [2.05, 4.69) is 5.32 Å². The number of carbonyl (C=O) groups excluding carboxylic acids is 2. The zero-order valence-electron chi connectivity index (χ0n) is 14.5. The molecule has 1 amide bonds. The molecule has 3 rings (SSSR count). The summed E-state index contributed by atoms with van der Waals surface area (Å²) >= 11 is 6.13. The van der Waals surface area contributed by atoms with Gasteiger partial charge in [0, 0.05) is 30.8 Å². The summed E-state index contributed by atoms with van der Waals surface area (Å²) in [6, 6.07) is 14.0. The van der Waals surface area contributed by atoms with Crippen molar-refractivity contribution >= 4 is 29.2 Å². The maximum absolute atomic E-state index is 13.1. The zero-order valence-corrected chi connectivity index (χ0v) is 15.2. The summed E-state index contributed by atoms with van der Waals surface area (Å²) in [4.78, 5) is 24.2. The van der Waals surface area contributed by atoms with E-state index in [-0.39, 0.29) is 11.9 Å². The van der Waals surface area contributed by atoms with E-state index in [1.165, 1.54) is 6.92 Å². The van der Waals surface area contributed by atoms with E-state index in [4.69, 9.17) is 21.1 Å². The molecule has 0 bridgehead atoms. The van der Waals surface area contributed by atoms with Gasteiger partial charge in [-0.3, -0.25) is 9.59 Å². The van der Waals surface area contributed by atoms with E-state index in [9.17, 15) is 9.59 Å². The van der Waals surface area contributed by atoms with Gasteiger partial charge in [0.15, 0.2) is 0 Å². The Hall–Kier alpha value is -2.37. The molecule has 2 aromatic carbocycles. The normalized spacial score (nSPS) is 15.9. The van der Waals surface area contributed by atoms with Crippen LogP contribution in [0.4, 0.5) is 5.69 Å². The maximum atomic E-state index is 13.1. The zero-order chi connectivity index (χ0) is 18.6. The van der Waals surface area contributed by atoms with Crippen molar-refractivity contribution in [3.63, 3.8) is 0 Å². The van der Waals surface area contributed by atoms with Crippen LogP contribution in [-0.2, 0) is 19.7 Å². The highest BCUT2D eigenvalue weighted by atomic mass is 35.5. The van der Waals surface area contributed by atoms with Crippen molar-refractivity contribution in [3.05, 3.63) is 59.1 Å². The van der Waals surface area contributed by atoms with Gasteiger partial charge in [-0.15, -0.1) is 0 Å². The second kappa shape index (κ2) is 7.89. The second-order valence-electron chi connectivity index (χ2n) is 6.30. The Morgan fingerprint density at radius 2 is 1.81 bits per heavy atom. The molecule has 6 heteroatoms. The Labute approximate surface area is 157 Å². The summed E-state index contributed by atoms with van der Waals surface area (Å²) in [5.41, 5.74) is 0.709.